The summed E-state index contributed by atoms with van der Waals surface area (Å²) in [6.07, 6.45) is -5.55. The zero-order valence-corrected chi connectivity index (χ0v) is 61.5. The second kappa shape index (κ2) is 34.3. The lowest BCUT2D eigenvalue weighted by molar-refractivity contribution is -0.144. The highest BCUT2D eigenvalue weighted by atomic mass is 19.4. The molecule has 0 spiro atoms. The van der Waals surface area contributed by atoms with Gasteiger partial charge in [-0.1, -0.05) is 39.8 Å². The summed E-state index contributed by atoms with van der Waals surface area (Å²) in [7, 11) is 7.07. The molecule has 2 unspecified atom stereocenters. The Hall–Kier alpha value is -8.26. The topological polar surface area (TPSA) is 172 Å². The molecule has 4 atom stereocenters. The summed E-state index contributed by atoms with van der Waals surface area (Å²) in [6.45, 7) is 18.4. The van der Waals surface area contributed by atoms with Crippen molar-refractivity contribution in [3.8, 4) is 22.3 Å². The number of hydrogen-bond acceptors (Lipinski definition) is 9. The van der Waals surface area contributed by atoms with Crippen molar-refractivity contribution in [3.63, 3.8) is 0 Å². The Morgan fingerprint density at radius 3 is 1.20 bits per heavy atom. The molecule has 14 nitrogen and oxygen atoms in total. The predicted molar refractivity (Wildman–Crippen MR) is 373 cm³/mol. The first kappa shape index (κ1) is 83.0. The molecule has 8 rings (SSSR count). The number of ether oxygens (including phenoxy) is 1. The van der Waals surface area contributed by atoms with E-state index in [0.29, 0.717) is 60.3 Å². The van der Waals surface area contributed by atoms with Crippen molar-refractivity contribution in [1.29, 1.82) is 0 Å². The fourth-order valence-electron chi connectivity index (χ4n) is 13.7. The molecule has 2 aliphatic carbocycles. The highest BCUT2D eigenvalue weighted by molar-refractivity contribution is 5.84. The molecule has 0 radical (unpaired) electrons. The SMILES string of the molecule is CCOC(=O)C[C@H](NC(=O)C(CC(C)C)n1cc(CCCN(C)C)c(C(F)(F)F)cc1=O)c1c(F)c(C)cc(-c2c(C)cc(C3CC3)c(F)c2C)c1F.Cc1cc(-c2c(C)cc(C3CC3)c(F)c2C)c(F)c([C@H](CC(=O)O)NC(=O)C(CC(C)C)n2cc(CCCN(C)C)c(C(F)(F)F)cc2=O)c1F. The number of aryl methyl sites for hydroxylation is 6. The second-order valence-electron chi connectivity index (χ2n) is 29.1. The molecular weight excluding hydrogens is 1380 g/mol. The average molecular weight is 1470 g/mol. The molecule has 6 aromatic rings. The molecule has 2 aromatic heterocycles. The number of hydrogen-bond donors (Lipinski definition) is 3. The van der Waals surface area contributed by atoms with Gasteiger partial charge in [-0.3, -0.25) is 28.8 Å². The summed E-state index contributed by atoms with van der Waals surface area (Å²) in [5.41, 5.74) is -3.84. The van der Waals surface area contributed by atoms with E-state index in [1.807, 2.05) is 0 Å². The Morgan fingerprint density at radius 2 is 0.894 bits per heavy atom. The molecule has 0 aliphatic heterocycles. The van der Waals surface area contributed by atoms with Crippen LogP contribution >= 0.6 is 0 Å². The van der Waals surface area contributed by atoms with Crippen molar-refractivity contribution in [1.82, 2.24) is 29.6 Å². The highest BCUT2D eigenvalue weighted by Gasteiger charge is 2.41. The average Bonchev–Trinajstić information content (AvgIpc) is 0.889. The van der Waals surface area contributed by atoms with Gasteiger partial charge in [0.2, 0.25) is 11.8 Å². The number of nitrogens with one attached hydrogen (secondary N) is 2. The van der Waals surface area contributed by atoms with Gasteiger partial charge in [0.15, 0.2) is 0 Å². The number of benzene rings is 4. The van der Waals surface area contributed by atoms with Gasteiger partial charge in [-0.15, -0.1) is 0 Å². The number of carboxylic acids is 1. The Labute approximate surface area is 598 Å². The van der Waals surface area contributed by atoms with Crippen LogP contribution in [0.5, 0.6) is 0 Å². The van der Waals surface area contributed by atoms with E-state index < -0.39 is 141 Å². The van der Waals surface area contributed by atoms with Crippen LogP contribution in [0.25, 0.3) is 22.3 Å². The number of aromatic nitrogens is 2. The zero-order chi connectivity index (χ0) is 77.6. The van der Waals surface area contributed by atoms with Crippen LogP contribution < -0.4 is 21.8 Å². The molecule has 2 aliphatic rings. The van der Waals surface area contributed by atoms with Crippen molar-refractivity contribution in [2.24, 2.45) is 11.8 Å². The van der Waals surface area contributed by atoms with Crippen LogP contribution in [0, 0.1) is 88.3 Å². The van der Waals surface area contributed by atoms with E-state index >= 15 is 26.3 Å². The predicted octanol–water partition coefficient (Wildman–Crippen LogP) is 16.8. The number of rotatable bonds is 29. The minimum Gasteiger partial charge on any atom is -0.481 e. The van der Waals surface area contributed by atoms with Gasteiger partial charge in [-0.05, 0) is 257 Å². The Kier molecular flexibility index (Phi) is 27.4. The largest absolute Gasteiger partial charge is 0.481 e. The molecule has 3 N–H and O–H groups in total. The van der Waals surface area contributed by atoms with Crippen LogP contribution in [0.4, 0.5) is 52.7 Å². The van der Waals surface area contributed by atoms with Crippen molar-refractivity contribution >= 4 is 23.8 Å². The molecule has 104 heavy (non-hydrogen) atoms. The summed E-state index contributed by atoms with van der Waals surface area (Å²) < 4.78 is 188. The Balaban J connectivity index is 0.000000291. The van der Waals surface area contributed by atoms with Gasteiger partial charge >= 0.3 is 24.3 Å². The van der Waals surface area contributed by atoms with Crippen molar-refractivity contribution in [2.75, 3.05) is 47.9 Å². The van der Waals surface area contributed by atoms with Crippen molar-refractivity contribution < 1.29 is 81.7 Å². The lowest BCUT2D eigenvalue weighted by Crippen LogP contribution is -2.41. The molecule has 26 heteroatoms. The minimum absolute atomic E-state index is 0.0323. The van der Waals surface area contributed by atoms with E-state index in [4.69, 9.17) is 4.74 Å². The van der Waals surface area contributed by atoms with Crippen LogP contribution in [0.3, 0.4) is 0 Å². The van der Waals surface area contributed by atoms with Crippen molar-refractivity contribution in [2.45, 2.75) is 202 Å². The Bertz CT molecular complexity index is 4300. The lowest BCUT2D eigenvalue weighted by atomic mass is 9.87. The monoisotopic (exact) mass is 1470 g/mol. The van der Waals surface area contributed by atoms with E-state index in [9.17, 15) is 60.2 Å². The van der Waals surface area contributed by atoms with Crippen LogP contribution in [0.2, 0.25) is 0 Å². The number of pyridine rings is 2. The molecule has 4 aromatic carbocycles. The maximum absolute atomic E-state index is 16.9. The van der Waals surface area contributed by atoms with Gasteiger partial charge in [0.25, 0.3) is 11.1 Å². The molecule has 0 bridgehead atoms. The molecule has 2 heterocycles. The molecule has 2 fully saturated rings. The van der Waals surface area contributed by atoms with Gasteiger partial charge in [-0.25, -0.2) is 26.3 Å². The normalized spacial score (nSPS) is 14.6. The van der Waals surface area contributed by atoms with E-state index in [2.05, 4.69) is 10.6 Å². The Morgan fingerprint density at radius 1 is 0.538 bits per heavy atom. The number of carboxylic acid groups (broad SMARTS) is 1. The number of amides is 2. The summed E-state index contributed by atoms with van der Waals surface area (Å²) in [5, 5.41) is 14.8. The maximum Gasteiger partial charge on any atom is 0.416 e. The van der Waals surface area contributed by atoms with Gasteiger partial charge in [-0.2, -0.15) is 26.3 Å². The van der Waals surface area contributed by atoms with Gasteiger partial charge in [0.05, 0.1) is 42.7 Å². The summed E-state index contributed by atoms with van der Waals surface area (Å²) in [4.78, 5) is 83.4. The van der Waals surface area contributed by atoms with E-state index in [0.717, 1.165) is 47.2 Å². The van der Waals surface area contributed by atoms with Gasteiger partial charge < -0.3 is 39.4 Å². The van der Waals surface area contributed by atoms with Gasteiger partial charge in [0, 0.05) is 46.8 Å². The minimum atomic E-state index is -4.84. The first-order chi connectivity index (χ1) is 48.5. The fourth-order valence-corrected chi connectivity index (χ4v) is 13.7. The molecular formula is C78H94F12N6O8. The molecule has 2 amide bonds. The van der Waals surface area contributed by atoms with E-state index in [-0.39, 0.29) is 112 Å². The maximum atomic E-state index is 16.9. The smallest absolute Gasteiger partial charge is 0.416 e. The lowest BCUT2D eigenvalue weighted by Gasteiger charge is -2.27. The second-order valence-corrected chi connectivity index (χ2v) is 29.1. The van der Waals surface area contributed by atoms with Crippen LogP contribution in [0.1, 0.15) is 213 Å². The number of nitrogens with zero attached hydrogens (tertiary/aromatic N) is 4. The number of alkyl halides is 6. The number of halogens is 12. The molecule has 568 valence electrons. The summed E-state index contributed by atoms with van der Waals surface area (Å²) >= 11 is 0. The standard InChI is InChI=1S/C40H49F6N3O4.C38H45F6N3O4/c1-9-53-33(51)19-30(35-36(41)23(5)17-28(38(35)43)34-22(4)16-27(25-12-13-25)37(42)24(34)6)47-39(52)31(15-21(2)3)49-20-26(11-10-14-48(7)8)29(18-32(49)50)40(44,45)46;1-19(2)13-29(47-18-24(9-8-12-46(6)7)27(16-30(47)48)38(42,43)44)37(51)45-28(17-31(49)50)33-34(39)21(4)15-26(36(33)41)32-20(3)14-25(23-10-11-23)35(40)22(32)5/h16-18,20-21,25,30-31H,9-15,19H2,1-8H3,(H,47,52);14-16,18-19,23,28-29H,8-13,17H2,1-7H3,(H,45,51)(H,49,50)/t30-,31?;28-,29?/m00/s1. The number of aliphatic carboxylic acids is 1. The third-order valence-electron chi connectivity index (χ3n) is 18.9. The van der Waals surface area contributed by atoms with E-state index in [1.54, 1.807) is 91.7 Å². The number of esters is 1. The first-order valence-corrected chi connectivity index (χ1v) is 35.0. The van der Waals surface area contributed by atoms with Crippen LogP contribution in [-0.2, 0) is 49.1 Å². The van der Waals surface area contributed by atoms with Crippen LogP contribution in [0.15, 0.2) is 58.4 Å². The third kappa shape index (κ3) is 20.0. The zero-order valence-electron chi connectivity index (χ0n) is 61.5. The molecule has 0 saturated heterocycles. The summed E-state index contributed by atoms with van der Waals surface area (Å²) in [5.74, 6) is -10.2. The molecule has 2 saturated carbocycles. The highest BCUT2D eigenvalue weighted by Crippen LogP contribution is 2.48. The van der Waals surface area contributed by atoms with Crippen LogP contribution in [-0.4, -0.2) is 95.7 Å². The first-order valence-electron chi connectivity index (χ1n) is 35.0. The van der Waals surface area contributed by atoms with Gasteiger partial charge in [0.1, 0.15) is 47.0 Å². The quantitative estimate of drug-likeness (QED) is 0.0303. The van der Waals surface area contributed by atoms with E-state index in [1.165, 1.54) is 46.8 Å². The number of carbonyl (C=O) groups is 4. The number of carbonyl (C=O) groups excluding carboxylic acids is 3. The fraction of sp³-hybridized carbons (Fsp3) is 0.513. The van der Waals surface area contributed by atoms with Crippen molar-refractivity contribution in [3.05, 3.63) is 182 Å². The summed E-state index contributed by atoms with van der Waals surface area (Å²) in [6, 6.07) is 0.329. The third-order valence-corrected chi connectivity index (χ3v) is 18.9.